The van der Waals surface area contributed by atoms with Gasteiger partial charge in [-0.05, 0) is 57.0 Å². The standard InChI is InChI=1S/C24H26N6O/c1-13-17(12-25)8-7-9-18(13)14(2)26-23-20-11-22-21(10-19(20)15(3)27-28-23)29(5)16(4)24(31)30(22)6/h7-11,14,16H,1-6H3,(H,26,28)/t14-,16?/m1/s1. The Kier molecular flexibility index (Phi) is 5.02. The first kappa shape index (κ1) is 20.6. The number of hydrogen-bond acceptors (Lipinski definition) is 6. The van der Waals surface area contributed by atoms with Gasteiger partial charge in [0.25, 0.3) is 0 Å². The Bertz CT molecular complexity index is 1250. The molecule has 2 heterocycles. The molecule has 1 aromatic heterocycles. The molecule has 0 spiro atoms. The minimum absolute atomic E-state index is 0.0555. The van der Waals surface area contributed by atoms with Crippen LogP contribution in [-0.4, -0.2) is 36.2 Å². The molecule has 1 N–H and O–H groups in total. The van der Waals surface area contributed by atoms with Gasteiger partial charge < -0.3 is 15.1 Å². The number of rotatable bonds is 3. The van der Waals surface area contributed by atoms with Crippen molar-refractivity contribution in [2.24, 2.45) is 0 Å². The summed E-state index contributed by atoms with van der Waals surface area (Å²) in [6.07, 6.45) is 0. The molecule has 3 aromatic rings. The molecule has 4 rings (SSSR count). The van der Waals surface area contributed by atoms with Crippen molar-refractivity contribution >= 4 is 33.9 Å². The number of hydrogen-bond donors (Lipinski definition) is 1. The van der Waals surface area contributed by atoms with E-state index in [2.05, 4.69) is 27.6 Å². The first-order valence-corrected chi connectivity index (χ1v) is 10.3. The number of aryl methyl sites for hydroxylation is 1. The lowest BCUT2D eigenvalue weighted by Crippen LogP contribution is -2.48. The predicted molar refractivity (Wildman–Crippen MR) is 123 cm³/mol. The number of fused-ring (bicyclic) bond motifs is 2. The van der Waals surface area contributed by atoms with Crippen molar-refractivity contribution in [2.75, 3.05) is 29.2 Å². The first-order chi connectivity index (χ1) is 14.7. The highest BCUT2D eigenvalue weighted by molar-refractivity contribution is 6.09. The SMILES string of the molecule is Cc1c(C#N)cccc1[C@@H](C)Nc1nnc(C)c2cc3c(cc12)N(C)C(=O)C(C)N3C. The van der Waals surface area contributed by atoms with E-state index >= 15 is 0 Å². The Morgan fingerprint density at radius 3 is 2.55 bits per heavy atom. The van der Waals surface area contributed by atoms with Crippen LogP contribution in [0.5, 0.6) is 0 Å². The normalized spacial score (nSPS) is 16.8. The van der Waals surface area contributed by atoms with Gasteiger partial charge in [-0.15, -0.1) is 5.10 Å². The van der Waals surface area contributed by atoms with E-state index in [4.69, 9.17) is 0 Å². The van der Waals surface area contributed by atoms with Gasteiger partial charge in [0.2, 0.25) is 5.91 Å². The first-order valence-electron chi connectivity index (χ1n) is 10.3. The van der Waals surface area contributed by atoms with Crippen LogP contribution in [0.1, 0.15) is 42.3 Å². The van der Waals surface area contributed by atoms with Gasteiger partial charge >= 0.3 is 0 Å². The molecule has 0 radical (unpaired) electrons. The molecule has 158 valence electrons. The van der Waals surface area contributed by atoms with Gasteiger partial charge in [0.05, 0.1) is 34.7 Å². The Morgan fingerprint density at radius 2 is 1.84 bits per heavy atom. The summed E-state index contributed by atoms with van der Waals surface area (Å²) in [5.74, 6) is 0.708. The number of carbonyl (C=O) groups excluding carboxylic acids is 1. The lowest BCUT2D eigenvalue weighted by atomic mass is 9.98. The van der Waals surface area contributed by atoms with Gasteiger partial charge in [0.1, 0.15) is 6.04 Å². The van der Waals surface area contributed by atoms with Gasteiger partial charge in [-0.25, -0.2) is 0 Å². The van der Waals surface area contributed by atoms with Crippen molar-refractivity contribution in [1.82, 2.24) is 10.2 Å². The Hall–Kier alpha value is -3.66. The van der Waals surface area contributed by atoms with E-state index < -0.39 is 0 Å². The van der Waals surface area contributed by atoms with E-state index in [1.54, 1.807) is 4.90 Å². The van der Waals surface area contributed by atoms with E-state index in [-0.39, 0.29) is 18.0 Å². The molecule has 1 aliphatic heterocycles. The van der Waals surface area contributed by atoms with E-state index in [0.29, 0.717) is 11.4 Å². The van der Waals surface area contributed by atoms with Crippen LogP contribution < -0.4 is 15.1 Å². The average Bonchev–Trinajstić information content (AvgIpc) is 2.77. The smallest absolute Gasteiger partial charge is 0.249 e. The van der Waals surface area contributed by atoms with Crippen LogP contribution in [0.4, 0.5) is 17.2 Å². The minimum Gasteiger partial charge on any atom is -0.362 e. The van der Waals surface area contributed by atoms with Crippen molar-refractivity contribution in [1.29, 1.82) is 5.26 Å². The number of nitrogens with one attached hydrogen (secondary N) is 1. The molecule has 0 saturated carbocycles. The van der Waals surface area contributed by atoms with Gasteiger partial charge in [0, 0.05) is 24.9 Å². The highest BCUT2D eigenvalue weighted by atomic mass is 16.2. The van der Waals surface area contributed by atoms with Crippen LogP contribution in [0.3, 0.4) is 0 Å². The molecular formula is C24H26N6O. The second-order valence-corrected chi connectivity index (χ2v) is 8.20. The summed E-state index contributed by atoms with van der Waals surface area (Å²) in [4.78, 5) is 16.4. The number of anilines is 3. The monoisotopic (exact) mass is 414 g/mol. The Morgan fingerprint density at radius 1 is 1.13 bits per heavy atom. The molecule has 0 fully saturated rings. The molecule has 1 aliphatic rings. The molecule has 2 atom stereocenters. The number of nitrogens with zero attached hydrogens (tertiary/aromatic N) is 5. The molecule has 0 aliphatic carbocycles. The predicted octanol–water partition coefficient (Wildman–Crippen LogP) is 4.09. The highest BCUT2D eigenvalue weighted by Crippen LogP contribution is 2.40. The zero-order chi connectivity index (χ0) is 22.4. The van der Waals surface area contributed by atoms with Crippen molar-refractivity contribution in [3.8, 4) is 6.07 Å². The summed E-state index contributed by atoms with van der Waals surface area (Å²) < 4.78 is 0. The number of nitriles is 1. The van der Waals surface area contributed by atoms with Gasteiger partial charge in [-0.2, -0.15) is 10.4 Å². The maximum atomic E-state index is 12.7. The van der Waals surface area contributed by atoms with Crippen molar-refractivity contribution in [3.63, 3.8) is 0 Å². The summed E-state index contributed by atoms with van der Waals surface area (Å²) in [6.45, 7) is 7.85. The third kappa shape index (κ3) is 3.25. The summed E-state index contributed by atoms with van der Waals surface area (Å²) in [6, 6.07) is 11.8. The van der Waals surface area contributed by atoms with E-state index in [1.165, 1.54) is 0 Å². The number of likely N-dealkylation sites (N-methyl/N-ethyl adjacent to an activating group) is 2. The average molecular weight is 415 g/mol. The van der Waals surface area contributed by atoms with Gasteiger partial charge in [-0.1, -0.05) is 12.1 Å². The van der Waals surface area contributed by atoms with Crippen molar-refractivity contribution in [2.45, 2.75) is 39.8 Å². The summed E-state index contributed by atoms with van der Waals surface area (Å²) >= 11 is 0. The Labute approximate surface area is 182 Å². The highest BCUT2D eigenvalue weighted by Gasteiger charge is 2.32. The maximum absolute atomic E-state index is 12.7. The van der Waals surface area contributed by atoms with Crippen LogP contribution in [0.15, 0.2) is 30.3 Å². The fourth-order valence-corrected chi connectivity index (χ4v) is 4.26. The molecule has 1 unspecified atom stereocenters. The fraction of sp³-hybridized carbons (Fsp3) is 0.333. The molecule has 7 nitrogen and oxygen atoms in total. The lowest BCUT2D eigenvalue weighted by Gasteiger charge is -2.38. The second-order valence-electron chi connectivity index (χ2n) is 8.20. The van der Waals surface area contributed by atoms with Crippen LogP contribution in [0.25, 0.3) is 10.8 Å². The molecule has 0 bridgehead atoms. The molecule has 1 amide bonds. The topological polar surface area (TPSA) is 85.1 Å². The van der Waals surface area contributed by atoms with E-state index in [1.807, 2.05) is 71.0 Å². The molecule has 2 aromatic carbocycles. The molecule has 31 heavy (non-hydrogen) atoms. The number of amides is 1. The minimum atomic E-state index is -0.224. The zero-order valence-corrected chi connectivity index (χ0v) is 18.7. The third-order valence-corrected chi connectivity index (χ3v) is 6.39. The van der Waals surface area contributed by atoms with E-state index in [9.17, 15) is 10.1 Å². The third-order valence-electron chi connectivity index (χ3n) is 6.39. The van der Waals surface area contributed by atoms with Gasteiger partial charge in [-0.3, -0.25) is 4.79 Å². The van der Waals surface area contributed by atoms with Crippen LogP contribution in [-0.2, 0) is 4.79 Å². The van der Waals surface area contributed by atoms with Gasteiger partial charge in [0.15, 0.2) is 5.82 Å². The largest absolute Gasteiger partial charge is 0.362 e. The van der Waals surface area contributed by atoms with E-state index in [0.717, 1.165) is 39.0 Å². The number of aromatic nitrogens is 2. The van der Waals surface area contributed by atoms with Crippen molar-refractivity contribution < 1.29 is 4.79 Å². The quantitative estimate of drug-likeness (QED) is 0.695. The number of carbonyl (C=O) groups is 1. The van der Waals surface area contributed by atoms with Crippen molar-refractivity contribution in [3.05, 3.63) is 52.7 Å². The molecular weight excluding hydrogens is 388 g/mol. The zero-order valence-electron chi connectivity index (χ0n) is 18.7. The van der Waals surface area contributed by atoms with Crippen LogP contribution >= 0.6 is 0 Å². The van der Waals surface area contributed by atoms with Crippen LogP contribution in [0.2, 0.25) is 0 Å². The molecule has 7 heteroatoms. The summed E-state index contributed by atoms with van der Waals surface area (Å²) in [7, 11) is 3.75. The summed E-state index contributed by atoms with van der Waals surface area (Å²) in [5.41, 5.74) is 5.33. The number of benzene rings is 2. The maximum Gasteiger partial charge on any atom is 0.249 e. The Balaban J connectivity index is 1.83. The second kappa shape index (κ2) is 7.55. The van der Waals surface area contributed by atoms with Crippen LogP contribution in [0, 0.1) is 25.2 Å². The summed E-state index contributed by atoms with van der Waals surface area (Å²) in [5, 5.41) is 23.5. The fourth-order valence-electron chi connectivity index (χ4n) is 4.26. The molecule has 0 saturated heterocycles. The lowest BCUT2D eigenvalue weighted by molar-refractivity contribution is -0.119.